The van der Waals surface area contributed by atoms with Crippen LogP contribution in [0.5, 0.6) is 0 Å². The fraction of sp³-hybridized carbons (Fsp3) is 0.467. The van der Waals surface area contributed by atoms with E-state index < -0.39 is 5.97 Å². The summed E-state index contributed by atoms with van der Waals surface area (Å²) in [6.07, 6.45) is 1.19. The number of carboxylic acids is 1. The number of aliphatic carboxylic acids is 1. The quantitative estimate of drug-likeness (QED) is 0.684. The molecule has 2 N–H and O–H groups in total. The highest BCUT2D eigenvalue weighted by atomic mass is 16.5. The number of carbonyl (C=O) groups excluding carboxylic acids is 1. The molecule has 1 rings (SSSR count). The zero-order valence-electron chi connectivity index (χ0n) is 12.2. The van der Waals surface area contributed by atoms with Gasteiger partial charge in [0.15, 0.2) is 0 Å². The molecule has 6 nitrogen and oxygen atoms in total. The van der Waals surface area contributed by atoms with Gasteiger partial charge in [-0.1, -0.05) is 18.2 Å². The van der Waals surface area contributed by atoms with Gasteiger partial charge in [0.2, 0.25) is 0 Å². The maximum Gasteiger partial charge on any atom is 0.321 e. The molecule has 0 radical (unpaired) electrons. The average molecular weight is 294 g/mol. The van der Waals surface area contributed by atoms with Crippen molar-refractivity contribution in [3.63, 3.8) is 0 Å². The zero-order chi connectivity index (χ0) is 15.5. The lowest BCUT2D eigenvalue weighted by atomic mass is 10.2. The molecule has 0 saturated carbocycles. The van der Waals surface area contributed by atoms with Gasteiger partial charge in [-0.05, 0) is 25.0 Å². The molecular formula is C15H22N2O4. The third-order valence-corrected chi connectivity index (χ3v) is 2.89. The van der Waals surface area contributed by atoms with Gasteiger partial charge in [-0.2, -0.15) is 0 Å². The van der Waals surface area contributed by atoms with Gasteiger partial charge in [0, 0.05) is 38.9 Å². The van der Waals surface area contributed by atoms with Crippen molar-refractivity contribution in [1.82, 2.24) is 5.32 Å². The van der Waals surface area contributed by atoms with Crippen LogP contribution in [-0.4, -0.2) is 43.9 Å². The van der Waals surface area contributed by atoms with Gasteiger partial charge in [-0.3, -0.25) is 9.69 Å². The number of hydrogen-bond donors (Lipinski definition) is 2. The maximum absolute atomic E-state index is 12.2. The van der Waals surface area contributed by atoms with E-state index in [1.807, 2.05) is 30.3 Å². The van der Waals surface area contributed by atoms with Gasteiger partial charge in [0.05, 0.1) is 0 Å². The Morgan fingerprint density at radius 3 is 2.57 bits per heavy atom. The number of rotatable bonds is 9. The van der Waals surface area contributed by atoms with E-state index in [9.17, 15) is 9.59 Å². The van der Waals surface area contributed by atoms with E-state index in [0.29, 0.717) is 26.1 Å². The fourth-order valence-corrected chi connectivity index (χ4v) is 1.85. The van der Waals surface area contributed by atoms with Crippen molar-refractivity contribution < 1.29 is 19.4 Å². The largest absolute Gasteiger partial charge is 0.481 e. The van der Waals surface area contributed by atoms with Gasteiger partial charge >= 0.3 is 12.0 Å². The number of nitrogens with one attached hydrogen (secondary N) is 1. The number of carboxylic acid groups (broad SMARTS) is 1. The van der Waals surface area contributed by atoms with Crippen molar-refractivity contribution in [2.75, 3.05) is 31.7 Å². The molecule has 0 aliphatic heterocycles. The van der Waals surface area contributed by atoms with Gasteiger partial charge in [0.1, 0.15) is 0 Å². The lowest BCUT2D eigenvalue weighted by Gasteiger charge is -2.23. The van der Waals surface area contributed by atoms with Crippen molar-refractivity contribution in [3.05, 3.63) is 30.3 Å². The van der Waals surface area contributed by atoms with Gasteiger partial charge < -0.3 is 15.2 Å². The van der Waals surface area contributed by atoms with Gasteiger partial charge in [-0.25, -0.2) is 4.79 Å². The van der Waals surface area contributed by atoms with E-state index >= 15 is 0 Å². The van der Waals surface area contributed by atoms with E-state index in [2.05, 4.69) is 5.32 Å². The summed E-state index contributed by atoms with van der Waals surface area (Å²) in [4.78, 5) is 24.4. The molecule has 0 fully saturated rings. The summed E-state index contributed by atoms with van der Waals surface area (Å²) in [5.41, 5.74) is 0.757. The molecule has 0 aliphatic rings. The summed E-state index contributed by atoms with van der Waals surface area (Å²) < 4.78 is 4.93. The van der Waals surface area contributed by atoms with Crippen LogP contribution in [0, 0.1) is 0 Å². The molecule has 0 heterocycles. The standard InChI is InChI=1S/C15H22N2O4/c1-21-12-6-10-16-15(20)17(11-5-9-14(18)19)13-7-3-2-4-8-13/h2-4,7-8H,5-6,9-12H2,1H3,(H,16,20)(H,18,19). The maximum atomic E-state index is 12.2. The van der Waals surface area contributed by atoms with Crippen LogP contribution in [-0.2, 0) is 9.53 Å². The van der Waals surface area contributed by atoms with Gasteiger partial charge in [0.25, 0.3) is 0 Å². The van der Waals surface area contributed by atoms with Crippen molar-refractivity contribution in [3.8, 4) is 0 Å². The van der Waals surface area contributed by atoms with E-state index in [-0.39, 0.29) is 12.5 Å². The van der Waals surface area contributed by atoms with Crippen LogP contribution in [0.4, 0.5) is 10.5 Å². The predicted molar refractivity (Wildman–Crippen MR) is 80.5 cm³/mol. The number of amides is 2. The molecule has 0 aliphatic carbocycles. The first-order valence-electron chi connectivity index (χ1n) is 6.96. The summed E-state index contributed by atoms with van der Waals surface area (Å²) >= 11 is 0. The van der Waals surface area contributed by atoms with Crippen LogP contribution in [0.3, 0.4) is 0 Å². The van der Waals surface area contributed by atoms with Crippen molar-refractivity contribution in [1.29, 1.82) is 0 Å². The highest BCUT2D eigenvalue weighted by molar-refractivity contribution is 5.91. The second-order valence-electron chi connectivity index (χ2n) is 4.56. The highest BCUT2D eigenvalue weighted by Gasteiger charge is 2.15. The predicted octanol–water partition coefficient (Wildman–Crippen LogP) is 2.10. The number of para-hydroxylation sites is 1. The Labute approximate surface area is 124 Å². The molecule has 1 aromatic rings. The highest BCUT2D eigenvalue weighted by Crippen LogP contribution is 2.14. The first kappa shape index (κ1) is 17.0. The molecule has 2 amide bonds. The first-order chi connectivity index (χ1) is 10.1. The van der Waals surface area contributed by atoms with Gasteiger partial charge in [-0.15, -0.1) is 0 Å². The Morgan fingerprint density at radius 2 is 1.95 bits per heavy atom. The molecule has 0 atom stereocenters. The Bertz CT molecular complexity index is 437. The minimum atomic E-state index is -0.858. The summed E-state index contributed by atoms with van der Waals surface area (Å²) in [7, 11) is 1.62. The number of nitrogens with zero attached hydrogens (tertiary/aromatic N) is 1. The lowest BCUT2D eigenvalue weighted by Crippen LogP contribution is -2.41. The smallest absolute Gasteiger partial charge is 0.321 e. The number of anilines is 1. The Kier molecular flexibility index (Phi) is 7.89. The second kappa shape index (κ2) is 9.77. The normalized spacial score (nSPS) is 10.1. The van der Waals surface area contributed by atoms with Crippen LogP contribution in [0.15, 0.2) is 30.3 Å². The summed E-state index contributed by atoms with van der Waals surface area (Å²) in [6.45, 7) is 1.48. The van der Waals surface area contributed by atoms with E-state index in [0.717, 1.165) is 12.1 Å². The van der Waals surface area contributed by atoms with E-state index in [4.69, 9.17) is 9.84 Å². The van der Waals surface area contributed by atoms with Crippen LogP contribution in [0.1, 0.15) is 19.3 Å². The molecule has 0 bridgehead atoms. The van der Waals surface area contributed by atoms with Crippen LogP contribution in [0.2, 0.25) is 0 Å². The number of ether oxygens (including phenoxy) is 1. The van der Waals surface area contributed by atoms with E-state index in [1.165, 1.54) is 0 Å². The minimum absolute atomic E-state index is 0.0420. The van der Waals surface area contributed by atoms with Crippen molar-refractivity contribution >= 4 is 17.7 Å². The number of benzene rings is 1. The Balaban J connectivity index is 2.58. The van der Waals surface area contributed by atoms with E-state index in [1.54, 1.807) is 12.0 Å². The monoisotopic (exact) mass is 294 g/mol. The molecular weight excluding hydrogens is 272 g/mol. The number of hydrogen-bond acceptors (Lipinski definition) is 3. The Morgan fingerprint density at radius 1 is 1.24 bits per heavy atom. The number of urea groups is 1. The topological polar surface area (TPSA) is 78.9 Å². The minimum Gasteiger partial charge on any atom is -0.481 e. The fourth-order valence-electron chi connectivity index (χ4n) is 1.85. The van der Waals surface area contributed by atoms with Crippen LogP contribution < -0.4 is 10.2 Å². The number of methoxy groups -OCH3 is 1. The molecule has 0 unspecified atom stereocenters. The molecule has 116 valence electrons. The second-order valence-corrected chi connectivity index (χ2v) is 4.56. The molecule has 0 spiro atoms. The third-order valence-electron chi connectivity index (χ3n) is 2.89. The number of carbonyl (C=O) groups is 2. The van der Waals surface area contributed by atoms with Crippen molar-refractivity contribution in [2.45, 2.75) is 19.3 Å². The molecule has 0 aromatic heterocycles. The molecule has 0 saturated heterocycles. The first-order valence-corrected chi connectivity index (χ1v) is 6.96. The summed E-state index contributed by atoms with van der Waals surface area (Å²) in [6, 6.07) is 9.00. The molecule has 1 aromatic carbocycles. The lowest BCUT2D eigenvalue weighted by molar-refractivity contribution is -0.137. The Hall–Kier alpha value is -2.08. The third kappa shape index (κ3) is 6.76. The van der Waals surface area contributed by atoms with Crippen molar-refractivity contribution in [2.24, 2.45) is 0 Å². The SMILES string of the molecule is COCCCNC(=O)N(CCCC(=O)O)c1ccccc1. The zero-order valence-corrected chi connectivity index (χ0v) is 12.2. The van der Waals surface area contributed by atoms with Crippen LogP contribution in [0.25, 0.3) is 0 Å². The summed E-state index contributed by atoms with van der Waals surface area (Å²) in [5.74, 6) is -0.858. The summed E-state index contributed by atoms with van der Waals surface area (Å²) in [5, 5.41) is 11.5. The average Bonchev–Trinajstić information content (AvgIpc) is 2.48. The van der Waals surface area contributed by atoms with Crippen LogP contribution >= 0.6 is 0 Å². The molecule has 6 heteroatoms. The molecule has 21 heavy (non-hydrogen) atoms.